The van der Waals surface area contributed by atoms with Crippen LogP contribution in [0.15, 0.2) is 12.1 Å². The van der Waals surface area contributed by atoms with Gasteiger partial charge in [0.15, 0.2) is 0 Å². The first-order chi connectivity index (χ1) is 10.1. The van der Waals surface area contributed by atoms with E-state index in [1.54, 1.807) is 7.11 Å². The van der Waals surface area contributed by atoms with E-state index >= 15 is 0 Å². The molecule has 0 saturated carbocycles. The number of benzene rings is 1. The molecule has 126 valence electrons. The molecule has 1 rings (SSSR count). The van der Waals surface area contributed by atoms with Gasteiger partial charge in [0.25, 0.3) is 0 Å². The maximum absolute atomic E-state index is 10.7. The van der Waals surface area contributed by atoms with E-state index in [0.717, 1.165) is 35.4 Å². The molecule has 0 aliphatic heterocycles. The maximum atomic E-state index is 10.7. The van der Waals surface area contributed by atoms with Gasteiger partial charge in [0.2, 0.25) is 0 Å². The summed E-state index contributed by atoms with van der Waals surface area (Å²) in [6, 6.07) is 3.79. The fourth-order valence-corrected chi connectivity index (χ4v) is 2.60. The Kier molecular flexibility index (Phi) is 6.41. The molecule has 2 atom stereocenters. The Hall–Kier alpha value is -1.10. The number of ether oxygens (including phenoxy) is 1. The number of aliphatic hydroxyl groups excluding tert-OH is 1. The van der Waals surface area contributed by atoms with Gasteiger partial charge in [-0.15, -0.1) is 0 Å². The third kappa shape index (κ3) is 4.70. The molecule has 0 heterocycles. The van der Waals surface area contributed by atoms with Gasteiger partial charge in [0.05, 0.1) is 13.2 Å². The standard InChI is InChI=1S/C18H32N2O2/c1-12-10-13(16(21)15(19)8-9-20(5)6)17(22-7)14(11-12)18(2,3)4/h10-11,15-16,21H,8-9,19H2,1-7H3. The minimum absolute atomic E-state index is 0.0560. The van der Waals surface area contributed by atoms with Gasteiger partial charge in [-0.1, -0.05) is 32.4 Å². The van der Waals surface area contributed by atoms with Crippen molar-refractivity contribution in [3.05, 3.63) is 28.8 Å². The highest BCUT2D eigenvalue weighted by Crippen LogP contribution is 2.38. The number of nitrogens with two attached hydrogens (primary N) is 1. The van der Waals surface area contributed by atoms with Gasteiger partial charge in [-0.25, -0.2) is 0 Å². The number of hydrogen-bond acceptors (Lipinski definition) is 4. The number of aliphatic hydroxyl groups is 1. The summed E-state index contributed by atoms with van der Waals surface area (Å²) in [4.78, 5) is 2.07. The summed E-state index contributed by atoms with van der Waals surface area (Å²) >= 11 is 0. The van der Waals surface area contributed by atoms with E-state index in [0.29, 0.717) is 0 Å². The summed E-state index contributed by atoms with van der Waals surface area (Å²) < 4.78 is 5.63. The van der Waals surface area contributed by atoms with Crippen molar-refractivity contribution < 1.29 is 9.84 Å². The van der Waals surface area contributed by atoms with Crippen molar-refractivity contribution >= 4 is 0 Å². The molecule has 3 N–H and O–H groups in total. The molecular formula is C18H32N2O2. The second-order valence-corrected chi connectivity index (χ2v) is 7.39. The van der Waals surface area contributed by atoms with Crippen LogP contribution in [0.1, 0.15) is 50.0 Å². The smallest absolute Gasteiger partial charge is 0.128 e. The van der Waals surface area contributed by atoms with E-state index in [9.17, 15) is 5.11 Å². The highest BCUT2D eigenvalue weighted by molar-refractivity contribution is 5.49. The summed E-state index contributed by atoms with van der Waals surface area (Å²) in [5, 5.41) is 10.7. The SMILES string of the molecule is COc1c(C(O)C(N)CCN(C)C)cc(C)cc1C(C)(C)C. The molecule has 0 aromatic heterocycles. The molecule has 0 fully saturated rings. The minimum Gasteiger partial charge on any atom is -0.496 e. The third-order valence-electron chi connectivity index (χ3n) is 3.91. The van der Waals surface area contributed by atoms with Gasteiger partial charge >= 0.3 is 0 Å². The first kappa shape index (κ1) is 18.9. The van der Waals surface area contributed by atoms with Crippen molar-refractivity contribution in [2.24, 2.45) is 5.73 Å². The molecule has 1 aromatic rings. The number of nitrogens with zero attached hydrogens (tertiary/aromatic N) is 1. The molecule has 0 radical (unpaired) electrons. The third-order valence-corrected chi connectivity index (χ3v) is 3.91. The lowest BCUT2D eigenvalue weighted by Crippen LogP contribution is -2.32. The molecule has 2 unspecified atom stereocenters. The lowest BCUT2D eigenvalue weighted by Gasteiger charge is -2.28. The molecule has 1 aromatic carbocycles. The van der Waals surface area contributed by atoms with Crippen LogP contribution in [0.5, 0.6) is 5.75 Å². The van der Waals surface area contributed by atoms with Crippen LogP contribution >= 0.6 is 0 Å². The first-order valence-corrected chi connectivity index (χ1v) is 7.85. The van der Waals surface area contributed by atoms with Crippen LogP contribution in [0.2, 0.25) is 0 Å². The number of hydrogen-bond donors (Lipinski definition) is 2. The Morgan fingerprint density at radius 1 is 1.27 bits per heavy atom. The summed E-state index contributed by atoms with van der Waals surface area (Å²) in [5.41, 5.74) is 9.14. The lowest BCUT2D eigenvalue weighted by atomic mass is 9.82. The van der Waals surface area contributed by atoms with E-state index in [2.05, 4.69) is 31.7 Å². The quantitative estimate of drug-likeness (QED) is 0.848. The van der Waals surface area contributed by atoms with Crippen LogP contribution in [-0.2, 0) is 5.41 Å². The zero-order chi connectivity index (χ0) is 17.1. The fraction of sp³-hybridized carbons (Fsp3) is 0.667. The summed E-state index contributed by atoms with van der Waals surface area (Å²) in [6.45, 7) is 9.32. The maximum Gasteiger partial charge on any atom is 0.128 e. The number of rotatable bonds is 6. The Morgan fingerprint density at radius 3 is 2.32 bits per heavy atom. The summed E-state index contributed by atoms with van der Waals surface area (Å²) in [7, 11) is 5.66. The minimum atomic E-state index is -0.726. The second-order valence-electron chi connectivity index (χ2n) is 7.39. The second kappa shape index (κ2) is 7.44. The largest absolute Gasteiger partial charge is 0.496 e. The van der Waals surface area contributed by atoms with Crippen molar-refractivity contribution in [2.45, 2.75) is 51.7 Å². The van der Waals surface area contributed by atoms with Crippen molar-refractivity contribution in [1.82, 2.24) is 4.90 Å². The predicted octanol–water partition coefficient (Wildman–Crippen LogP) is 2.61. The van der Waals surface area contributed by atoms with Crippen LogP contribution in [0.4, 0.5) is 0 Å². The molecule has 0 aliphatic rings. The van der Waals surface area contributed by atoms with Gasteiger partial charge < -0.3 is 20.5 Å². The highest BCUT2D eigenvalue weighted by Gasteiger charge is 2.27. The molecule has 0 bridgehead atoms. The van der Waals surface area contributed by atoms with Gasteiger partial charge in [-0.2, -0.15) is 0 Å². The van der Waals surface area contributed by atoms with Crippen LogP contribution in [0, 0.1) is 6.92 Å². The molecular weight excluding hydrogens is 276 g/mol. The van der Waals surface area contributed by atoms with Crippen molar-refractivity contribution in [3.8, 4) is 5.75 Å². The van der Waals surface area contributed by atoms with Crippen LogP contribution in [0.3, 0.4) is 0 Å². The average molecular weight is 308 g/mol. The van der Waals surface area contributed by atoms with Crippen molar-refractivity contribution in [1.29, 1.82) is 0 Å². The van der Waals surface area contributed by atoms with Crippen LogP contribution in [-0.4, -0.2) is 43.8 Å². The van der Waals surface area contributed by atoms with Crippen molar-refractivity contribution in [3.63, 3.8) is 0 Å². The summed E-state index contributed by atoms with van der Waals surface area (Å²) in [6.07, 6.45) is 0.00624. The topological polar surface area (TPSA) is 58.7 Å². The fourth-order valence-electron chi connectivity index (χ4n) is 2.60. The number of aryl methyl sites for hydroxylation is 1. The average Bonchev–Trinajstić information content (AvgIpc) is 2.41. The molecule has 22 heavy (non-hydrogen) atoms. The van der Waals surface area contributed by atoms with Crippen molar-refractivity contribution in [2.75, 3.05) is 27.7 Å². The molecule has 4 nitrogen and oxygen atoms in total. The Bertz CT molecular complexity index is 493. The summed E-state index contributed by atoms with van der Waals surface area (Å²) in [5.74, 6) is 0.755. The van der Waals surface area contributed by atoms with Crippen LogP contribution in [0.25, 0.3) is 0 Å². The Balaban J connectivity index is 3.20. The highest BCUT2D eigenvalue weighted by atomic mass is 16.5. The predicted molar refractivity (Wildman–Crippen MR) is 92.5 cm³/mol. The molecule has 0 spiro atoms. The normalized spacial score (nSPS) is 15.0. The van der Waals surface area contributed by atoms with Gasteiger partial charge in [-0.3, -0.25) is 0 Å². The zero-order valence-corrected chi connectivity index (χ0v) is 15.1. The Morgan fingerprint density at radius 2 is 1.86 bits per heavy atom. The van der Waals surface area contributed by atoms with Gasteiger partial charge in [0.1, 0.15) is 5.75 Å². The lowest BCUT2D eigenvalue weighted by molar-refractivity contribution is 0.134. The molecule has 0 aliphatic carbocycles. The molecule has 4 heteroatoms. The van der Waals surface area contributed by atoms with Gasteiger partial charge in [-0.05, 0) is 45.5 Å². The van der Waals surface area contributed by atoms with E-state index < -0.39 is 6.10 Å². The Labute approximate surface area is 135 Å². The zero-order valence-electron chi connectivity index (χ0n) is 15.1. The molecule has 0 amide bonds. The van der Waals surface area contributed by atoms with E-state index in [4.69, 9.17) is 10.5 Å². The van der Waals surface area contributed by atoms with E-state index in [-0.39, 0.29) is 11.5 Å². The monoisotopic (exact) mass is 308 g/mol. The van der Waals surface area contributed by atoms with Gasteiger partial charge in [0, 0.05) is 17.2 Å². The van der Waals surface area contributed by atoms with Crippen LogP contribution < -0.4 is 10.5 Å². The van der Waals surface area contributed by atoms with E-state index in [1.807, 2.05) is 27.1 Å². The number of methoxy groups -OCH3 is 1. The van der Waals surface area contributed by atoms with E-state index in [1.165, 1.54) is 0 Å². The molecule has 0 saturated heterocycles. The first-order valence-electron chi connectivity index (χ1n) is 7.85.